The van der Waals surface area contributed by atoms with Crippen molar-refractivity contribution >= 4 is 16.0 Å². The molecule has 0 saturated heterocycles. The highest BCUT2D eigenvalue weighted by molar-refractivity contribution is 7.88. The number of hydrogen-bond donors (Lipinski definition) is 1. The van der Waals surface area contributed by atoms with E-state index >= 15 is 0 Å². The normalized spacial score (nSPS) is 12.6. The van der Waals surface area contributed by atoms with Crippen molar-refractivity contribution in [3.05, 3.63) is 71.3 Å². The summed E-state index contributed by atoms with van der Waals surface area (Å²) >= 11 is 0. The molecule has 1 N–H and O–H groups in total. The Bertz CT molecular complexity index is 770. The smallest absolute Gasteiger partial charge is 0.337 e. The van der Waals surface area contributed by atoms with Crippen LogP contribution in [0.4, 0.5) is 0 Å². The largest absolute Gasteiger partial charge is 0.465 e. The van der Waals surface area contributed by atoms with Gasteiger partial charge in [-0.25, -0.2) is 17.9 Å². The number of hydrogen-bond acceptors (Lipinski definition) is 4. The monoisotopic (exact) mass is 347 g/mol. The number of ether oxygens (including phenoxy) is 1. The summed E-state index contributed by atoms with van der Waals surface area (Å²) in [6.45, 7) is 2.32. The summed E-state index contributed by atoms with van der Waals surface area (Å²) in [7, 11) is -2.14. The van der Waals surface area contributed by atoms with Crippen LogP contribution in [0.15, 0.2) is 54.6 Å². The Balaban J connectivity index is 1.95. The molecule has 0 amide bonds. The lowest BCUT2D eigenvalue weighted by atomic mass is 10.0. The first kappa shape index (κ1) is 18.2. The summed E-state index contributed by atoms with van der Waals surface area (Å²) in [6, 6.07) is 16.1. The topological polar surface area (TPSA) is 72.5 Å². The predicted molar refractivity (Wildman–Crippen MR) is 93.3 cm³/mol. The van der Waals surface area contributed by atoms with Crippen molar-refractivity contribution in [1.82, 2.24) is 4.72 Å². The number of carbonyl (C=O) groups is 1. The van der Waals surface area contributed by atoms with Gasteiger partial charge in [-0.15, -0.1) is 0 Å². The Kier molecular flexibility index (Phi) is 6.11. The maximum Gasteiger partial charge on any atom is 0.337 e. The molecule has 24 heavy (non-hydrogen) atoms. The van der Waals surface area contributed by atoms with Crippen LogP contribution in [0.3, 0.4) is 0 Å². The fourth-order valence-electron chi connectivity index (χ4n) is 2.28. The van der Waals surface area contributed by atoms with Gasteiger partial charge in [0, 0.05) is 6.54 Å². The van der Waals surface area contributed by atoms with E-state index in [1.54, 1.807) is 24.3 Å². The number of esters is 1. The predicted octanol–water partition coefficient (Wildman–Crippen LogP) is 2.70. The summed E-state index contributed by atoms with van der Waals surface area (Å²) in [6.07, 6.45) is 0. The average molecular weight is 347 g/mol. The molecule has 0 fully saturated rings. The van der Waals surface area contributed by atoms with Gasteiger partial charge in [0.1, 0.15) is 0 Å². The zero-order valence-corrected chi connectivity index (χ0v) is 14.5. The van der Waals surface area contributed by atoms with Gasteiger partial charge < -0.3 is 4.74 Å². The minimum absolute atomic E-state index is 0.0858. The second-order valence-electron chi connectivity index (χ2n) is 5.61. The Morgan fingerprint density at radius 2 is 1.71 bits per heavy atom. The summed E-state index contributed by atoms with van der Waals surface area (Å²) in [5.41, 5.74) is 2.09. The molecule has 0 heterocycles. The minimum Gasteiger partial charge on any atom is -0.465 e. The zero-order chi connectivity index (χ0) is 17.6. The molecule has 0 saturated carbocycles. The molecule has 0 bridgehead atoms. The molecule has 1 atom stereocenters. The lowest BCUT2D eigenvalue weighted by molar-refractivity contribution is 0.0600. The van der Waals surface area contributed by atoms with E-state index in [1.165, 1.54) is 7.11 Å². The Morgan fingerprint density at radius 3 is 2.29 bits per heavy atom. The summed E-state index contributed by atoms with van der Waals surface area (Å²) < 4.78 is 31.7. The number of benzene rings is 2. The second kappa shape index (κ2) is 8.08. The molecule has 5 nitrogen and oxygen atoms in total. The van der Waals surface area contributed by atoms with Gasteiger partial charge in [-0.2, -0.15) is 0 Å². The van der Waals surface area contributed by atoms with E-state index in [-0.39, 0.29) is 11.7 Å². The van der Waals surface area contributed by atoms with Crippen LogP contribution in [-0.4, -0.2) is 28.0 Å². The highest BCUT2D eigenvalue weighted by Gasteiger charge is 2.14. The number of nitrogens with one attached hydrogen (secondary N) is 1. The lowest BCUT2D eigenvalue weighted by Crippen LogP contribution is -2.28. The van der Waals surface area contributed by atoms with Crippen LogP contribution in [0, 0.1) is 0 Å². The first-order chi connectivity index (χ1) is 11.4. The van der Waals surface area contributed by atoms with Crippen molar-refractivity contribution in [1.29, 1.82) is 0 Å². The Labute approximate surface area is 142 Å². The van der Waals surface area contributed by atoms with Gasteiger partial charge in [-0.05, 0) is 29.2 Å². The molecule has 128 valence electrons. The molecular formula is C18H21NO4S. The highest BCUT2D eigenvalue weighted by atomic mass is 32.2. The van der Waals surface area contributed by atoms with Crippen LogP contribution in [-0.2, 0) is 20.5 Å². The van der Waals surface area contributed by atoms with E-state index in [9.17, 15) is 13.2 Å². The third kappa shape index (κ3) is 5.18. The van der Waals surface area contributed by atoms with Crippen molar-refractivity contribution < 1.29 is 17.9 Å². The third-order valence-electron chi connectivity index (χ3n) is 3.71. The lowest BCUT2D eigenvalue weighted by Gasteiger charge is -2.13. The number of rotatable bonds is 7. The van der Waals surface area contributed by atoms with Gasteiger partial charge in [0.05, 0.1) is 18.4 Å². The molecule has 0 aliphatic heterocycles. The van der Waals surface area contributed by atoms with Gasteiger partial charge in [0.15, 0.2) is 0 Å². The fraction of sp³-hybridized carbons (Fsp3) is 0.278. The van der Waals surface area contributed by atoms with E-state index < -0.39 is 16.0 Å². The molecule has 2 aromatic carbocycles. The summed E-state index contributed by atoms with van der Waals surface area (Å²) in [5, 5.41) is 0. The quantitative estimate of drug-likeness (QED) is 0.782. The van der Waals surface area contributed by atoms with Crippen LogP contribution in [0.25, 0.3) is 0 Å². The standard InChI is InChI=1S/C18H21NO4S/c1-14(16-6-4-3-5-7-16)12-19-24(21,22)13-15-8-10-17(11-9-15)18(20)23-2/h3-11,14,19H,12-13H2,1-2H3/t14-/m1/s1. The van der Waals surface area contributed by atoms with Gasteiger partial charge in [0.25, 0.3) is 0 Å². The van der Waals surface area contributed by atoms with Crippen LogP contribution in [0.2, 0.25) is 0 Å². The molecule has 0 aliphatic rings. The SMILES string of the molecule is COC(=O)c1ccc(CS(=O)(=O)NC[C@@H](C)c2ccccc2)cc1. The Morgan fingerprint density at radius 1 is 1.08 bits per heavy atom. The number of methoxy groups -OCH3 is 1. The van der Waals surface area contributed by atoms with Gasteiger partial charge in [0.2, 0.25) is 10.0 Å². The Hall–Kier alpha value is -2.18. The average Bonchev–Trinajstić information content (AvgIpc) is 2.60. The first-order valence-corrected chi connectivity index (χ1v) is 9.26. The van der Waals surface area contributed by atoms with E-state index in [0.29, 0.717) is 17.7 Å². The molecule has 6 heteroatoms. The maximum absolute atomic E-state index is 12.2. The molecule has 0 spiro atoms. The van der Waals surface area contributed by atoms with Crippen molar-refractivity contribution in [3.8, 4) is 0 Å². The van der Waals surface area contributed by atoms with Crippen LogP contribution in [0.1, 0.15) is 34.3 Å². The summed E-state index contributed by atoms with van der Waals surface area (Å²) in [5.74, 6) is -0.488. The highest BCUT2D eigenvalue weighted by Crippen LogP contribution is 2.14. The van der Waals surface area contributed by atoms with Gasteiger partial charge >= 0.3 is 5.97 Å². The van der Waals surface area contributed by atoms with Crippen molar-refractivity contribution in [2.24, 2.45) is 0 Å². The van der Waals surface area contributed by atoms with Gasteiger partial charge in [-0.1, -0.05) is 49.4 Å². The van der Waals surface area contributed by atoms with E-state index in [0.717, 1.165) is 5.56 Å². The first-order valence-electron chi connectivity index (χ1n) is 7.61. The molecule has 0 radical (unpaired) electrons. The number of sulfonamides is 1. The van der Waals surface area contributed by atoms with Crippen molar-refractivity contribution in [2.75, 3.05) is 13.7 Å². The van der Waals surface area contributed by atoms with E-state index in [4.69, 9.17) is 0 Å². The molecule has 2 rings (SSSR count). The van der Waals surface area contributed by atoms with Crippen LogP contribution < -0.4 is 4.72 Å². The van der Waals surface area contributed by atoms with Crippen molar-refractivity contribution in [2.45, 2.75) is 18.6 Å². The molecule has 0 unspecified atom stereocenters. The maximum atomic E-state index is 12.2. The minimum atomic E-state index is -3.44. The molecule has 0 aliphatic carbocycles. The van der Waals surface area contributed by atoms with Crippen LogP contribution in [0.5, 0.6) is 0 Å². The molecular weight excluding hydrogens is 326 g/mol. The summed E-state index contributed by atoms with van der Waals surface area (Å²) in [4.78, 5) is 11.4. The van der Waals surface area contributed by atoms with E-state index in [1.807, 2.05) is 37.3 Å². The molecule has 2 aromatic rings. The molecule has 0 aromatic heterocycles. The second-order valence-corrected chi connectivity index (χ2v) is 7.41. The number of carbonyl (C=O) groups excluding carboxylic acids is 1. The van der Waals surface area contributed by atoms with Crippen molar-refractivity contribution in [3.63, 3.8) is 0 Å². The zero-order valence-electron chi connectivity index (χ0n) is 13.7. The third-order valence-corrected chi connectivity index (χ3v) is 5.03. The van der Waals surface area contributed by atoms with Crippen LogP contribution >= 0.6 is 0 Å². The van der Waals surface area contributed by atoms with Gasteiger partial charge in [-0.3, -0.25) is 0 Å². The fourth-order valence-corrected chi connectivity index (χ4v) is 3.51. The van der Waals surface area contributed by atoms with E-state index in [2.05, 4.69) is 9.46 Å².